The molecule has 0 radical (unpaired) electrons. The molecule has 0 aliphatic rings. The first-order valence-electron chi connectivity index (χ1n) is 8.94. The average molecular weight is 394 g/mol. The fourth-order valence-electron chi connectivity index (χ4n) is 2.72. The van der Waals surface area contributed by atoms with E-state index in [9.17, 15) is 4.79 Å². The summed E-state index contributed by atoms with van der Waals surface area (Å²) in [6.45, 7) is 6.01. The summed E-state index contributed by atoms with van der Waals surface area (Å²) < 4.78 is 1.72. The molecule has 28 heavy (non-hydrogen) atoms. The Balaban J connectivity index is 0.00000109. The Bertz CT molecular complexity index is 1110. The Hall–Kier alpha value is -3.25. The SMILES string of the molecule is CC.Cc1cc2ncnn2cc1-c1ccc(NC(=O)c2ccccc2Cl)nc1. The van der Waals surface area contributed by atoms with Crippen LogP contribution in [0.5, 0.6) is 0 Å². The van der Waals surface area contributed by atoms with E-state index in [4.69, 9.17) is 11.6 Å². The quantitative estimate of drug-likeness (QED) is 0.529. The zero-order chi connectivity index (χ0) is 20.1. The van der Waals surface area contributed by atoms with Crippen LogP contribution in [0.3, 0.4) is 0 Å². The molecule has 142 valence electrons. The maximum atomic E-state index is 12.3. The van der Waals surface area contributed by atoms with Gasteiger partial charge < -0.3 is 5.32 Å². The van der Waals surface area contributed by atoms with Crippen LogP contribution >= 0.6 is 11.6 Å². The standard InChI is InChI=1S/C19H14ClN5O.C2H6/c1-12-8-18-22-11-23-25(18)10-15(12)13-6-7-17(21-9-13)24-19(26)14-4-2-3-5-16(14)20;1-2/h2-11H,1H3,(H,21,24,26);1-2H3. The predicted molar refractivity (Wildman–Crippen MR) is 112 cm³/mol. The highest BCUT2D eigenvalue weighted by atomic mass is 35.5. The van der Waals surface area contributed by atoms with Crippen molar-refractivity contribution in [1.29, 1.82) is 0 Å². The van der Waals surface area contributed by atoms with Crippen molar-refractivity contribution in [3.8, 4) is 11.1 Å². The van der Waals surface area contributed by atoms with Crippen molar-refractivity contribution in [3.05, 3.63) is 77.3 Å². The normalized spacial score (nSPS) is 10.3. The molecule has 0 saturated heterocycles. The number of nitrogens with zero attached hydrogens (tertiary/aromatic N) is 4. The van der Waals surface area contributed by atoms with E-state index in [1.165, 1.54) is 6.33 Å². The number of benzene rings is 1. The lowest BCUT2D eigenvalue weighted by Crippen LogP contribution is -2.13. The van der Waals surface area contributed by atoms with Crippen LogP contribution < -0.4 is 5.32 Å². The van der Waals surface area contributed by atoms with Gasteiger partial charge in [0, 0.05) is 23.5 Å². The van der Waals surface area contributed by atoms with Crippen LogP contribution in [0.25, 0.3) is 16.8 Å². The van der Waals surface area contributed by atoms with E-state index in [0.717, 1.165) is 22.3 Å². The molecule has 1 aromatic carbocycles. The van der Waals surface area contributed by atoms with Gasteiger partial charge >= 0.3 is 0 Å². The van der Waals surface area contributed by atoms with Crippen LogP contribution in [0.15, 0.2) is 61.2 Å². The molecule has 0 aliphatic carbocycles. The van der Waals surface area contributed by atoms with Crippen molar-refractivity contribution in [1.82, 2.24) is 19.6 Å². The molecule has 0 fully saturated rings. The zero-order valence-corrected chi connectivity index (χ0v) is 16.6. The van der Waals surface area contributed by atoms with Crippen molar-refractivity contribution in [3.63, 3.8) is 0 Å². The van der Waals surface area contributed by atoms with Gasteiger partial charge in [-0.15, -0.1) is 0 Å². The molecule has 0 unspecified atom stereocenters. The molecule has 4 rings (SSSR count). The number of rotatable bonds is 3. The highest BCUT2D eigenvalue weighted by molar-refractivity contribution is 6.34. The number of nitrogens with one attached hydrogen (secondary N) is 1. The highest BCUT2D eigenvalue weighted by Gasteiger charge is 2.11. The minimum atomic E-state index is -0.295. The fourth-order valence-corrected chi connectivity index (χ4v) is 2.94. The van der Waals surface area contributed by atoms with Gasteiger partial charge in [0.25, 0.3) is 5.91 Å². The zero-order valence-electron chi connectivity index (χ0n) is 15.8. The van der Waals surface area contributed by atoms with Crippen LogP contribution in [-0.4, -0.2) is 25.5 Å². The molecule has 3 heterocycles. The van der Waals surface area contributed by atoms with E-state index in [1.807, 2.05) is 39.1 Å². The smallest absolute Gasteiger partial charge is 0.258 e. The Morgan fingerprint density at radius 2 is 1.89 bits per heavy atom. The highest BCUT2D eigenvalue weighted by Crippen LogP contribution is 2.24. The van der Waals surface area contributed by atoms with Gasteiger partial charge in [0.1, 0.15) is 12.1 Å². The lowest BCUT2D eigenvalue weighted by molar-refractivity contribution is 0.102. The van der Waals surface area contributed by atoms with Crippen molar-refractivity contribution < 1.29 is 4.79 Å². The molecule has 0 aliphatic heterocycles. The number of aryl methyl sites for hydroxylation is 1. The number of carbonyl (C=O) groups is 1. The van der Waals surface area contributed by atoms with Crippen molar-refractivity contribution >= 4 is 29.0 Å². The summed E-state index contributed by atoms with van der Waals surface area (Å²) in [6.07, 6.45) is 5.15. The molecular weight excluding hydrogens is 374 g/mol. The third-order valence-corrected chi connectivity index (χ3v) is 4.39. The molecule has 0 saturated carbocycles. The number of hydrogen-bond donors (Lipinski definition) is 1. The molecule has 4 aromatic rings. The molecule has 3 aromatic heterocycles. The lowest BCUT2D eigenvalue weighted by Gasteiger charge is -2.09. The summed E-state index contributed by atoms with van der Waals surface area (Å²) in [7, 11) is 0. The molecule has 1 amide bonds. The maximum Gasteiger partial charge on any atom is 0.258 e. The maximum absolute atomic E-state index is 12.3. The topological polar surface area (TPSA) is 72.2 Å². The van der Waals surface area contributed by atoms with Crippen LogP contribution in [-0.2, 0) is 0 Å². The van der Waals surface area contributed by atoms with Gasteiger partial charge in [0.05, 0.1) is 10.6 Å². The van der Waals surface area contributed by atoms with E-state index in [0.29, 0.717) is 16.4 Å². The first-order valence-corrected chi connectivity index (χ1v) is 9.32. The predicted octanol–water partition coefficient (Wildman–Crippen LogP) is 5.03. The second kappa shape index (κ2) is 8.63. The fraction of sp³-hybridized carbons (Fsp3) is 0.143. The number of anilines is 1. The molecule has 1 N–H and O–H groups in total. The van der Waals surface area contributed by atoms with Gasteiger partial charge in [0.2, 0.25) is 0 Å². The number of fused-ring (bicyclic) bond motifs is 1. The Kier molecular flexibility index (Phi) is 6.01. The second-order valence-electron chi connectivity index (χ2n) is 5.80. The van der Waals surface area contributed by atoms with Gasteiger partial charge in [-0.2, -0.15) is 5.10 Å². The van der Waals surface area contributed by atoms with Crippen LogP contribution in [0, 0.1) is 6.92 Å². The largest absolute Gasteiger partial charge is 0.307 e. The van der Waals surface area contributed by atoms with Crippen molar-refractivity contribution in [2.45, 2.75) is 20.8 Å². The molecule has 0 spiro atoms. The van der Waals surface area contributed by atoms with Gasteiger partial charge in [-0.1, -0.05) is 37.6 Å². The Labute approximate surface area is 168 Å². The number of hydrogen-bond acceptors (Lipinski definition) is 4. The monoisotopic (exact) mass is 393 g/mol. The first kappa shape index (κ1) is 19.5. The number of carbonyl (C=O) groups excluding carboxylic acids is 1. The van der Waals surface area contributed by atoms with Gasteiger partial charge in [0.15, 0.2) is 5.65 Å². The van der Waals surface area contributed by atoms with Crippen molar-refractivity contribution in [2.24, 2.45) is 0 Å². The number of halogens is 1. The average Bonchev–Trinajstić information content (AvgIpc) is 3.17. The minimum Gasteiger partial charge on any atom is -0.307 e. The third-order valence-electron chi connectivity index (χ3n) is 4.06. The molecule has 0 bridgehead atoms. The van der Waals surface area contributed by atoms with Gasteiger partial charge in [-0.3, -0.25) is 4.79 Å². The van der Waals surface area contributed by atoms with E-state index in [1.54, 1.807) is 41.0 Å². The number of aromatic nitrogens is 4. The summed E-state index contributed by atoms with van der Waals surface area (Å²) in [6, 6.07) is 12.5. The Morgan fingerprint density at radius 1 is 1.11 bits per heavy atom. The second-order valence-corrected chi connectivity index (χ2v) is 6.21. The minimum absolute atomic E-state index is 0.295. The third kappa shape index (κ3) is 4.02. The lowest BCUT2D eigenvalue weighted by atomic mass is 10.1. The molecule has 7 heteroatoms. The first-order chi connectivity index (χ1) is 13.6. The van der Waals surface area contributed by atoms with Gasteiger partial charge in [-0.25, -0.2) is 14.5 Å². The van der Waals surface area contributed by atoms with E-state index < -0.39 is 0 Å². The van der Waals surface area contributed by atoms with Crippen molar-refractivity contribution in [2.75, 3.05) is 5.32 Å². The molecular formula is C21H20ClN5O. The number of pyridine rings is 2. The summed E-state index contributed by atoms with van der Waals surface area (Å²) in [4.78, 5) is 20.8. The van der Waals surface area contributed by atoms with Gasteiger partial charge in [-0.05, 0) is 42.8 Å². The molecule has 6 nitrogen and oxygen atoms in total. The van der Waals surface area contributed by atoms with E-state index in [-0.39, 0.29) is 5.91 Å². The van der Waals surface area contributed by atoms with Crippen LogP contribution in [0.4, 0.5) is 5.82 Å². The van der Waals surface area contributed by atoms with E-state index >= 15 is 0 Å². The summed E-state index contributed by atoms with van der Waals surface area (Å²) in [5.41, 5.74) is 4.20. The Morgan fingerprint density at radius 3 is 2.61 bits per heavy atom. The van der Waals surface area contributed by atoms with Crippen LogP contribution in [0.2, 0.25) is 5.02 Å². The summed E-state index contributed by atoms with van der Waals surface area (Å²) in [5, 5.41) is 7.32. The number of amides is 1. The van der Waals surface area contributed by atoms with E-state index in [2.05, 4.69) is 20.4 Å². The summed E-state index contributed by atoms with van der Waals surface area (Å²) in [5.74, 6) is 0.161. The summed E-state index contributed by atoms with van der Waals surface area (Å²) >= 11 is 6.05. The van der Waals surface area contributed by atoms with Crippen LogP contribution in [0.1, 0.15) is 29.8 Å². The molecule has 0 atom stereocenters.